The van der Waals surface area contributed by atoms with Crippen LogP contribution >= 0.6 is 11.3 Å². The van der Waals surface area contributed by atoms with Gasteiger partial charge in [0, 0.05) is 28.7 Å². The van der Waals surface area contributed by atoms with Crippen molar-refractivity contribution in [2.45, 2.75) is 32.6 Å². The Kier molecular flexibility index (Phi) is 4.17. The molecule has 120 valence electrons. The highest BCUT2D eigenvalue weighted by atomic mass is 32.1. The number of carbonyl (C=O) groups is 2. The van der Waals surface area contributed by atoms with Gasteiger partial charge in [0.05, 0.1) is 5.41 Å². The summed E-state index contributed by atoms with van der Waals surface area (Å²) < 4.78 is 0. The Balaban J connectivity index is 1.64. The number of carboxylic acids is 1. The molecule has 1 fully saturated rings. The molecule has 0 spiro atoms. The van der Waals surface area contributed by atoms with Crippen molar-refractivity contribution in [3.63, 3.8) is 0 Å². The fraction of sp³-hybridized carbons (Fsp3) is 0.353. The summed E-state index contributed by atoms with van der Waals surface area (Å²) in [5, 5.41) is 15.0. The fourth-order valence-electron chi connectivity index (χ4n) is 2.77. The number of nitrogens with one attached hydrogen (secondary N) is 1. The maximum atomic E-state index is 12.1. The van der Waals surface area contributed by atoms with E-state index < -0.39 is 11.4 Å². The summed E-state index contributed by atoms with van der Waals surface area (Å²) in [6.07, 6.45) is 2.08. The number of aliphatic carboxylic acids is 1. The van der Waals surface area contributed by atoms with Crippen molar-refractivity contribution in [3.05, 3.63) is 35.3 Å². The van der Waals surface area contributed by atoms with E-state index in [9.17, 15) is 14.7 Å². The average molecular weight is 330 g/mol. The van der Waals surface area contributed by atoms with Crippen molar-refractivity contribution < 1.29 is 14.7 Å². The van der Waals surface area contributed by atoms with Crippen molar-refractivity contribution in [2.24, 2.45) is 5.41 Å². The predicted octanol–water partition coefficient (Wildman–Crippen LogP) is 3.70. The van der Waals surface area contributed by atoms with Crippen LogP contribution in [0.3, 0.4) is 0 Å². The molecule has 0 aliphatic heterocycles. The molecule has 0 unspecified atom stereocenters. The molecule has 23 heavy (non-hydrogen) atoms. The highest BCUT2D eigenvalue weighted by Crippen LogP contribution is 2.44. The van der Waals surface area contributed by atoms with Crippen LogP contribution in [0.4, 0.5) is 5.69 Å². The quantitative estimate of drug-likeness (QED) is 0.876. The summed E-state index contributed by atoms with van der Waals surface area (Å²) in [4.78, 5) is 27.8. The molecule has 0 bridgehead atoms. The van der Waals surface area contributed by atoms with Crippen LogP contribution in [-0.2, 0) is 9.59 Å². The third-order valence-electron chi connectivity index (χ3n) is 4.30. The lowest BCUT2D eigenvalue weighted by Gasteiger charge is -2.36. The van der Waals surface area contributed by atoms with Gasteiger partial charge in [-0.25, -0.2) is 4.98 Å². The summed E-state index contributed by atoms with van der Waals surface area (Å²) in [7, 11) is 0. The van der Waals surface area contributed by atoms with Crippen molar-refractivity contribution >= 4 is 28.9 Å². The zero-order valence-corrected chi connectivity index (χ0v) is 13.7. The van der Waals surface area contributed by atoms with Crippen molar-refractivity contribution in [2.75, 3.05) is 5.32 Å². The summed E-state index contributed by atoms with van der Waals surface area (Å²) in [6.45, 7) is 1.95. The van der Waals surface area contributed by atoms with Crippen LogP contribution in [-0.4, -0.2) is 22.0 Å². The Bertz CT molecular complexity index is 733. The van der Waals surface area contributed by atoms with Gasteiger partial charge < -0.3 is 10.4 Å². The molecule has 0 radical (unpaired) electrons. The highest BCUT2D eigenvalue weighted by Gasteiger charge is 2.45. The molecular formula is C17H18N2O3S. The summed E-state index contributed by atoms with van der Waals surface area (Å²) in [6, 6.07) is 7.45. The molecule has 5 nitrogen and oxygen atoms in total. The molecule has 2 N–H and O–H groups in total. The van der Waals surface area contributed by atoms with Crippen LogP contribution in [0.15, 0.2) is 29.6 Å². The molecule has 1 heterocycles. The third-order valence-corrected chi connectivity index (χ3v) is 5.31. The third kappa shape index (κ3) is 3.27. The topological polar surface area (TPSA) is 79.3 Å². The number of aryl methyl sites for hydroxylation is 1. The number of anilines is 1. The molecule has 1 aliphatic rings. The Morgan fingerprint density at radius 1 is 1.30 bits per heavy atom. The number of nitrogens with zero attached hydrogens (tertiary/aromatic N) is 1. The van der Waals surface area contributed by atoms with Gasteiger partial charge in [0.2, 0.25) is 5.91 Å². The highest BCUT2D eigenvalue weighted by molar-refractivity contribution is 7.13. The molecular weight excluding hydrogens is 312 g/mol. The summed E-state index contributed by atoms with van der Waals surface area (Å²) in [5.74, 6) is -1.11. The number of rotatable bonds is 5. The predicted molar refractivity (Wildman–Crippen MR) is 89.5 cm³/mol. The zero-order chi connectivity index (χ0) is 16.4. The Hall–Kier alpha value is -2.21. The van der Waals surface area contributed by atoms with Gasteiger partial charge in [-0.05, 0) is 44.0 Å². The number of hydrogen-bond donors (Lipinski definition) is 2. The van der Waals surface area contributed by atoms with Gasteiger partial charge in [0.15, 0.2) is 0 Å². The summed E-state index contributed by atoms with van der Waals surface area (Å²) >= 11 is 1.58. The summed E-state index contributed by atoms with van der Waals surface area (Å²) in [5.41, 5.74) is 1.80. The number of hydrogen-bond acceptors (Lipinski definition) is 4. The maximum Gasteiger partial charge on any atom is 0.310 e. The molecule has 1 amide bonds. The number of thiazole rings is 1. The second-order valence-corrected chi connectivity index (χ2v) is 6.89. The molecule has 3 rings (SSSR count). The first kappa shape index (κ1) is 15.7. The van der Waals surface area contributed by atoms with E-state index in [1.54, 1.807) is 11.3 Å². The molecule has 1 aliphatic carbocycles. The van der Waals surface area contributed by atoms with E-state index in [-0.39, 0.29) is 12.3 Å². The minimum atomic E-state index is -0.867. The lowest BCUT2D eigenvalue weighted by atomic mass is 9.66. The van der Waals surface area contributed by atoms with E-state index in [1.807, 2.05) is 36.6 Å². The minimum absolute atomic E-state index is 0.0375. The number of benzene rings is 1. The van der Waals surface area contributed by atoms with E-state index in [0.29, 0.717) is 18.5 Å². The van der Waals surface area contributed by atoms with Crippen LogP contribution in [0.1, 0.15) is 31.4 Å². The Morgan fingerprint density at radius 2 is 2.00 bits per heavy atom. The SMILES string of the molecule is Cc1csc(-c2ccc(NC(=O)CC3(C(=O)O)CCC3)cc2)n1. The van der Waals surface area contributed by atoms with Crippen LogP contribution < -0.4 is 5.32 Å². The average Bonchev–Trinajstić information content (AvgIpc) is 2.90. The molecule has 0 atom stereocenters. The number of carboxylic acid groups (broad SMARTS) is 1. The van der Waals surface area contributed by atoms with Crippen molar-refractivity contribution in [3.8, 4) is 10.6 Å². The van der Waals surface area contributed by atoms with Gasteiger partial charge in [-0.2, -0.15) is 0 Å². The maximum absolute atomic E-state index is 12.1. The first-order valence-electron chi connectivity index (χ1n) is 7.54. The van der Waals surface area contributed by atoms with Crippen LogP contribution in [0.25, 0.3) is 10.6 Å². The molecule has 0 saturated heterocycles. The van der Waals surface area contributed by atoms with E-state index in [4.69, 9.17) is 0 Å². The van der Waals surface area contributed by atoms with E-state index in [0.717, 1.165) is 22.7 Å². The molecule has 2 aromatic rings. The Labute approximate surface area is 138 Å². The standard InChI is InChI=1S/C17H18N2O3S/c1-11-10-23-15(18-11)12-3-5-13(6-4-12)19-14(20)9-17(16(21)22)7-2-8-17/h3-6,10H,2,7-9H2,1H3,(H,19,20)(H,21,22). The monoisotopic (exact) mass is 330 g/mol. The van der Waals surface area contributed by atoms with Gasteiger partial charge in [-0.1, -0.05) is 6.42 Å². The minimum Gasteiger partial charge on any atom is -0.481 e. The van der Waals surface area contributed by atoms with E-state index >= 15 is 0 Å². The van der Waals surface area contributed by atoms with Crippen LogP contribution in [0.5, 0.6) is 0 Å². The molecule has 6 heteroatoms. The van der Waals surface area contributed by atoms with Gasteiger partial charge in [0.25, 0.3) is 0 Å². The van der Waals surface area contributed by atoms with Crippen LogP contribution in [0, 0.1) is 12.3 Å². The van der Waals surface area contributed by atoms with Crippen molar-refractivity contribution in [1.29, 1.82) is 0 Å². The normalized spacial score (nSPS) is 15.7. The van der Waals surface area contributed by atoms with E-state index in [1.165, 1.54) is 0 Å². The number of aromatic nitrogens is 1. The van der Waals surface area contributed by atoms with Gasteiger partial charge in [-0.15, -0.1) is 11.3 Å². The van der Waals surface area contributed by atoms with Crippen molar-refractivity contribution in [1.82, 2.24) is 4.98 Å². The number of carbonyl (C=O) groups excluding carboxylic acids is 1. The molecule has 1 aromatic carbocycles. The fourth-order valence-corrected chi connectivity index (χ4v) is 3.57. The zero-order valence-electron chi connectivity index (χ0n) is 12.8. The van der Waals surface area contributed by atoms with Gasteiger partial charge in [0.1, 0.15) is 5.01 Å². The van der Waals surface area contributed by atoms with Gasteiger partial charge >= 0.3 is 5.97 Å². The lowest BCUT2D eigenvalue weighted by molar-refractivity contribution is -0.157. The number of amides is 1. The first-order chi connectivity index (χ1) is 11.0. The molecule has 1 aromatic heterocycles. The smallest absolute Gasteiger partial charge is 0.310 e. The molecule has 1 saturated carbocycles. The Morgan fingerprint density at radius 3 is 2.48 bits per heavy atom. The van der Waals surface area contributed by atoms with Crippen LogP contribution in [0.2, 0.25) is 0 Å². The first-order valence-corrected chi connectivity index (χ1v) is 8.42. The second kappa shape index (κ2) is 6.12. The second-order valence-electron chi connectivity index (χ2n) is 6.04. The largest absolute Gasteiger partial charge is 0.481 e. The van der Waals surface area contributed by atoms with E-state index in [2.05, 4.69) is 10.3 Å². The lowest BCUT2D eigenvalue weighted by Crippen LogP contribution is -2.41. The van der Waals surface area contributed by atoms with Gasteiger partial charge in [-0.3, -0.25) is 9.59 Å².